The molecule has 0 aliphatic rings. The lowest BCUT2D eigenvalue weighted by Gasteiger charge is -2.08. The molecule has 0 spiro atoms. The summed E-state index contributed by atoms with van der Waals surface area (Å²) >= 11 is 5.96. The molecule has 0 unspecified atom stereocenters. The van der Waals surface area contributed by atoms with Crippen LogP contribution in [0.25, 0.3) is 0 Å². The minimum atomic E-state index is -0.397. The summed E-state index contributed by atoms with van der Waals surface area (Å²) in [5.41, 5.74) is 2.01. The molecule has 1 aromatic carbocycles. The van der Waals surface area contributed by atoms with Gasteiger partial charge in [-0.05, 0) is 50.2 Å². The number of rotatable bonds is 4. The Labute approximate surface area is 133 Å². The van der Waals surface area contributed by atoms with Crippen LogP contribution in [0, 0.1) is 6.92 Å². The third-order valence-corrected chi connectivity index (χ3v) is 3.17. The molecule has 114 valence electrons. The zero-order chi connectivity index (χ0) is 16.1. The summed E-state index contributed by atoms with van der Waals surface area (Å²) in [4.78, 5) is 27.7. The Hall–Kier alpha value is -2.40. The number of ether oxygens (including phenoxy) is 1. The number of pyridine rings is 1. The normalized spacial score (nSPS) is 10.1. The van der Waals surface area contributed by atoms with Crippen LogP contribution >= 0.6 is 11.6 Å². The molecule has 1 amide bonds. The van der Waals surface area contributed by atoms with Gasteiger partial charge in [0.15, 0.2) is 0 Å². The molecule has 2 aromatic rings. The topological polar surface area (TPSA) is 68.3 Å². The van der Waals surface area contributed by atoms with Gasteiger partial charge in [0.1, 0.15) is 5.15 Å². The molecule has 0 aliphatic heterocycles. The molecule has 5 nitrogen and oxygen atoms in total. The molecule has 2 rings (SSSR count). The van der Waals surface area contributed by atoms with E-state index in [1.165, 1.54) is 0 Å². The molecular formula is C16H15ClN2O3. The Morgan fingerprint density at radius 1 is 1.18 bits per heavy atom. The number of anilines is 1. The first-order chi connectivity index (χ1) is 10.5. The van der Waals surface area contributed by atoms with Crippen molar-refractivity contribution >= 4 is 29.2 Å². The largest absolute Gasteiger partial charge is 0.462 e. The van der Waals surface area contributed by atoms with Gasteiger partial charge in [-0.25, -0.2) is 9.78 Å². The second-order valence-corrected chi connectivity index (χ2v) is 4.90. The summed E-state index contributed by atoms with van der Waals surface area (Å²) in [6.45, 7) is 3.85. The number of amides is 1. The number of carbonyl (C=O) groups is 2. The molecule has 0 bridgehead atoms. The van der Waals surface area contributed by atoms with Gasteiger partial charge in [-0.3, -0.25) is 4.79 Å². The molecular weight excluding hydrogens is 304 g/mol. The van der Waals surface area contributed by atoms with Crippen molar-refractivity contribution in [2.75, 3.05) is 11.9 Å². The van der Waals surface area contributed by atoms with Crippen LogP contribution in [-0.4, -0.2) is 23.5 Å². The zero-order valence-corrected chi connectivity index (χ0v) is 13.0. The van der Waals surface area contributed by atoms with Crippen molar-refractivity contribution in [1.82, 2.24) is 4.98 Å². The molecule has 0 aliphatic carbocycles. The standard InChI is InChI=1S/C16H15ClN2O3/c1-3-22-16(21)11-5-7-12(8-6-11)19-15(20)13-9-4-10(2)18-14(13)17/h4-9H,3H2,1-2H3,(H,19,20). The van der Waals surface area contributed by atoms with Crippen LogP contribution in [0.1, 0.15) is 33.3 Å². The lowest BCUT2D eigenvalue weighted by molar-refractivity contribution is 0.0526. The van der Waals surface area contributed by atoms with Crippen molar-refractivity contribution in [3.05, 3.63) is 58.4 Å². The van der Waals surface area contributed by atoms with Crippen LogP contribution in [0.5, 0.6) is 0 Å². The highest BCUT2D eigenvalue weighted by Gasteiger charge is 2.12. The summed E-state index contributed by atoms with van der Waals surface area (Å²) in [6.07, 6.45) is 0. The van der Waals surface area contributed by atoms with Gasteiger partial charge < -0.3 is 10.1 Å². The van der Waals surface area contributed by atoms with E-state index in [1.54, 1.807) is 50.2 Å². The zero-order valence-electron chi connectivity index (χ0n) is 12.2. The van der Waals surface area contributed by atoms with Gasteiger partial charge in [0.2, 0.25) is 0 Å². The van der Waals surface area contributed by atoms with Gasteiger partial charge in [0.05, 0.1) is 17.7 Å². The fourth-order valence-electron chi connectivity index (χ4n) is 1.80. The Bertz CT molecular complexity index is 699. The fraction of sp³-hybridized carbons (Fsp3) is 0.188. The number of carbonyl (C=O) groups excluding carboxylic acids is 2. The van der Waals surface area contributed by atoms with Crippen LogP contribution in [-0.2, 0) is 4.74 Å². The average molecular weight is 319 g/mol. The Morgan fingerprint density at radius 3 is 2.45 bits per heavy atom. The first-order valence-corrected chi connectivity index (χ1v) is 7.10. The summed E-state index contributed by atoms with van der Waals surface area (Å²) < 4.78 is 4.89. The number of hydrogen-bond donors (Lipinski definition) is 1. The van der Waals surface area contributed by atoms with Gasteiger partial charge in [0, 0.05) is 11.4 Å². The Morgan fingerprint density at radius 2 is 1.86 bits per heavy atom. The summed E-state index contributed by atoms with van der Waals surface area (Å²) in [6, 6.07) is 9.75. The predicted octanol–water partition coefficient (Wildman–Crippen LogP) is 3.47. The van der Waals surface area contributed by atoms with E-state index in [4.69, 9.17) is 16.3 Å². The second kappa shape index (κ2) is 7.04. The molecule has 0 atom stereocenters. The number of benzene rings is 1. The number of aromatic nitrogens is 1. The molecule has 0 radical (unpaired) electrons. The SMILES string of the molecule is CCOC(=O)c1ccc(NC(=O)c2ccc(C)nc2Cl)cc1. The van der Waals surface area contributed by atoms with E-state index in [-0.39, 0.29) is 11.1 Å². The monoisotopic (exact) mass is 318 g/mol. The molecule has 6 heteroatoms. The predicted molar refractivity (Wildman–Crippen MR) is 84.3 cm³/mol. The minimum absolute atomic E-state index is 0.153. The molecule has 1 aromatic heterocycles. The van der Waals surface area contributed by atoms with E-state index in [9.17, 15) is 9.59 Å². The fourth-order valence-corrected chi connectivity index (χ4v) is 2.08. The van der Waals surface area contributed by atoms with E-state index in [2.05, 4.69) is 10.3 Å². The highest BCUT2D eigenvalue weighted by molar-refractivity contribution is 6.33. The van der Waals surface area contributed by atoms with E-state index < -0.39 is 5.97 Å². The van der Waals surface area contributed by atoms with E-state index in [0.29, 0.717) is 23.4 Å². The van der Waals surface area contributed by atoms with E-state index in [0.717, 1.165) is 5.69 Å². The van der Waals surface area contributed by atoms with Gasteiger partial charge in [-0.15, -0.1) is 0 Å². The Balaban J connectivity index is 2.10. The van der Waals surface area contributed by atoms with Crippen molar-refractivity contribution in [3.63, 3.8) is 0 Å². The van der Waals surface area contributed by atoms with Crippen LogP contribution < -0.4 is 5.32 Å². The lowest BCUT2D eigenvalue weighted by atomic mass is 10.2. The van der Waals surface area contributed by atoms with Crippen LogP contribution in [0.4, 0.5) is 5.69 Å². The summed E-state index contributed by atoms with van der Waals surface area (Å²) in [5.74, 6) is -0.757. The molecule has 22 heavy (non-hydrogen) atoms. The molecule has 0 saturated heterocycles. The summed E-state index contributed by atoms with van der Waals surface area (Å²) in [5, 5.41) is 2.85. The summed E-state index contributed by atoms with van der Waals surface area (Å²) in [7, 11) is 0. The number of nitrogens with zero attached hydrogens (tertiary/aromatic N) is 1. The molecule has 1 heterocycles. The van der Waals surface area contributed by atoms with Gasteiger partial charge >= 0.3 is 5.97 Å². The average Bonchev–Trinajstić information content (AvgIpc) is 2.48. The van der Waals surface area contributed by atoms with Crippen molar-refractivity contribution < 1.29 is 14.3 Å². The third-order valence-electron chi connectivity index (χ3n) is 2.89. The number of halogens is 1. The van der Waals surface area contributed by atoms with Gasteiger partial charge in [-0.1, -0.05) is 11.6 Å². The van der Waals surface area contributed by atoms with Crippen molar-refractivity contribution in [3.8, 4) is 0 Å². The van der Waals surface area contributed by atoms with Crippen LogP contribution in [0.3, 0.4) is 0 Å². The quantitative estimate of drug-likeness (QED) is 0.692. The second-order valence-electron chi connectivity index (χ2n) is 4.54. The number of aryl methyl sites for hydroxylation is 1. The highest BCUT2D eigenvalue weighted by Crippen LogP contribution is 2.17. The van der Waals surface area contributed by atoms with Crippen molar-refractivity contribution in [2.24, 2.45) is 0 Å². The molecule has 0 saturated carbocycles. The van der Waals surface area contributed by atoms with E-state index in [1.807, 2.05) is 0 Å². The number of nitrogens with one attached hydrogen (secondary N) is 1. The number of esters is 1. The Kier molecular flexibility index (Phi) is 5.12. The lowest BCUT2D eigenvalue weighted by Crippen LogP contribution is -2.13. The number of hydrogen-bond acceptors (Lipinski definition) is 4. The van der Waals surface area contributed by atoms with Gasteiger partial charge in [0.25, 0.3) is 5.91 Å². The van der Waals surface area contributed by atoms with Crippen LogP contribution in [0.15, 0.2) is 36.4 Å². The molecule has 1 N–H and O–H groups in total. The van der Waals surface area contributed by atoms with Gasteiger partial charge in [-0.2, -0.15) is 0 Å². The molecule has 0 fully saturated rings. The van der Waals surface area contributed by atoms with Crippen molar-refractivity contribution in [2.45, 2.75) is 13.8 Å². The maximum atomic E-state index is 12.1. The first kappa shape index (κ1) is 16.0. The maximum Gasteiger partial charge on any atom is 0.338 e. The third kappa shape index (κ3) is 3.83. The van der Waals surface area contributed by atoms with Crippen LogP contribution in [0.2, 0.25) is 5.15 Å². The maximum absolute atomic E-state index is 12.1. The highest BCUT2D eigenvalue weighted by atomic mass is 35.5. The van der Waals surface area contributed by atoms with E-state index >= 15 is 0 Å². The smallest absolute Gasteiger partial charge is 0.338 e. The van der Waals surface area contributed by atoms with Crippen molar-refractivity contribution in [1.29, 1.82) is 0 Å². The first-order valence-electron chi connectivity index (χ1n) is 6.73. The minimum Gasteiger partial charge on any atom is -0.462 e.